The Morgan fingerprint density at radius 2 is 0.688 bits per heavy atom. The monoisotopic (exact) mass is 458 g/mol. The van der Waals surface area contributed by atoms with E-state index in [1.54, 1.807) is 0 Å². The summed E-state index contributed by atoms with van der Waals surface area (Å²) in [7, 11) is 0. The highest BCUT2D eigenvalue weighted by Gasteiger charge is 2.22. The molecule has 0 radical (unpaired) electrons. The van der Waals surface area contributed by atoms with Crippen LogP contribution in [0, 0.1) is 0 Å². The van der Waals surface area contributed by atoms with E-state index in [0.717, 1.165) is 0 Å². The molecule has 0 bridgehead atoms. The van der Waals surface area contributed by atoms with E-state index in [0.29, 0.717) is 12.2 Å². The lowest BCUT2D eigenvalue weighted by molar-refractivity contribution is -0.926. The Labute approximate surface area is 199 Å². The maximum absolute atomic E-state index is 9.41. The van der Waals surface area contributed by atoms with Crippen LogP contribution in [-0.4, -0.2) is 73.3 Å². The second kappa shape index (κ2) is 22.8. The van der Waals surface area contributed by atoms with Gasteiger partial charge in [0.2, 0.25) is 0 Å². The quantitative estimate of drug-likeness (QED) is 0.263. The molecule has 0 saturated heterocycles. The first-order chi connectivity index (χ1) is 15.1. The van der Waals surface area contributed by atoms with E-state index in [1.807, 2.05) is 0 Å². The van der Waals surface area contributed by atoms with Crippen LogP contribution in [0.2, 0.25) is 0 Å². The van der Waals surface area contributed by atoms with Crippen molar-refractivity contribution in [1.29, 1.82) is 0 Å². The molecule has 0 N–H and O–H groups in total. The van der Waals surface area contributed by atoms with Crippen LogP contribution in [0.3, 0.4) is 0 Å². The van der Waals surface area contributed by atoms with E-state index in [1.165, 1.54) is 99.8 Å². The van der Waals surface area contributed by atoms with Crippen LogP contribution < -0.4 is 10.2 Å². The lowest BCUT2D eigenvalue weighted by Gasteiger charge is -2.37. The number of hydrogen-bond donors (Lipinski definition) is 0. The Bertz CT molecular complexity index is 402. The third-order valence-corrected chi connectivity index (χ3v) is 5.88. The van der Waals surface area contributed by atoms with Crippen molar-refractivity contribution in [2.75, 3.05) is 52.4 Å². The normalized spacial score (nSPS) is 11.4. The predicted octanol–water partition coefficient (Wildman–Crippen LogP) is 3.15. The van der Waals surface area contributed by atoms with Crippen LogP contribution >= 0.6 is 0 Å². The van der Waals surface area contributed by atoms with Gasteiger partial charge in [0, 0.05) is 0 Å². The molecule has 6 heteroatoms. The maximum Gasteiger partial charge on any atom is 0.0783 e. The summed E-state index contributed by atoms with van der Waals surface area (Å²) >= 11 is 0. The summed E-state index contributed by atoms with van der Waals surface area (Å²) in [5.41, 5.74) is 0. The van der Waals surface area contributed by atoms with E-state index in [9.17, 15) is 19.8 Å². The number of aliphatic carboxylic acids is 2. The lowest BCUT2D eigenvalue weighted by Crippen LogP contribution is -2.49. The molecule has 192 valence electrons. The molecule has 0 fully saturated rings. The first-order valence-electron chi connectivity index (χ1n) is 12.9. The fourth-order valence-corrected chi connectivity index (χ4v) is 4.60. The van der Waals surface area contributed by atoms with Gasteiger partial charge in [-0.1, -0.05) is 41.5 Å². The summed E-state index contributed by atoms with van der Waals surface area (Å²) in [6, 6.07) is 0. The highest BCUT2D eigenvalue weighted by molar-refractivity contribution is 5.87. The van der Waals surface area contributed by atoms with Crippen LogP contribution in [0.4, 0.5) is 0 Å². The fraction of sp³-hybridized carbons (Fsp3) is 0.846. The largest absolute Gasteiger partial charge is 0.545 e. The average Bonchev–Trinajstić information content (AvgIpc) is 2.74. The van der Waals surface area contributed by atoms with Crippen molar-refractivity contribution < 1.29 is 28.8 Å². The number of carboxylic acid groups (broad SMARTS) is 2. The maximum atomic E-state index is 9.41. The van der Waals surface area contributed by atoms with E-state index < -0.39 is 11.9 Å². The zero-order valence-electron chi connectivity index (χ0n) is 22.6. The average molecular weight is 459 g/mol. The Kier molecular flexibility index (Phi) is 25.1. The van der Waals surface area contributed by atoms with Crippen molar-refractivity contribution in [2.45, 2.75) is 93.9 Å². The molecular formula is C26H54N2O4. The number of carbonyl (C=O) groups is 2. The number of rotatable bonds is 16. The molecule has 0 aromatic heterocycles. The van der Waals surface area contributed by atoms with Crippen LogP contribution in [0.15, 0.2) is 12.2 Å². The van der Waals surface area contributed by atoms with Crippen LogP contribution in [0.5, 0.6) is 0 Å². The number of carbonyl (C=O) groups excluding carboxylic acids is 2. The molecule has 32 heavy (non-hydrogen) atoms. The molecule has 6 nitrogen and oxygen atoms in total. The summed E-state index contributed by atoms with van der Waals surface area (Å²) < 4.78 is 2.70. The topological polar surface area (TPSA) is 80.3 Å². The second-order valence-corrected chi connectivity index (χ2v) is 8.63. The molecule has 0 heterocycles. The summed E-state index contributed by atoms with van der Waals surface area (Å²) in [4.78, 5) is 18.8. The highest BCUT2D eigenvalue weighted by atomic mass is 16.4. The van der Waals surface area contributed by atoms with Gasteiger partial charge in [-0.15, -0.1) is 0 Å². The first-order valence-corrected chi connectivity index (χ1v) is 12.9. The molecule has 0 amide bonds. The van der Waals surface area contributed by atoms with E-state index in [4.69, 9.17) is 0 Å². The molecule has 0 aliphatic carbocycles. The van der Waals surface area contributed by atoms with Crippen LogP contribution in [-0.2, 0) is 9.59 Å². The van der Waals surface area contributed by atoms with Gasteiger partial charge in [0.1, 0.15) is 0 Å². The third kappa shape index (κ3) is 19.3. The van der Waals surface area contributed by atoms with Gasteiger partial charge in [-0.25, -0.2) is 0 Å². The van der Waals surface area contributed by atoms with Crippen molar-refractivity contribution in [3.8, 4) is 0 Å². The first kappa shape index (κ1) is 35.2. The van der Waals surface area contributed by atoms with Gasteiger partial charge in [0.05, 0.1) is 64.3 Å². The minimum atomic E-state index is -1.55. The SMILES string of the molecule is CCC[N+](CC)(CCC)CCC.CCC[N+](CC)(CCC)CCC.O=C([O-])/C=C\C(=O)[O-]. The lowest BCUT2D eigenvalue weighted by atomic mass is 10.2. The summed E-state index contributed by atoms with van der Waals surface area (Å²) in [5, 5.41) is 18.8. The molecule has 0 unspecified atom stereocenters. The zero-order valence-corrected chi connectivity index (χ0v) is 22.6. The molecular weight excluding hydrogens is 404 g/mol. The van der Waals surface area contributed by atoms with Crippen molar-refractivity contribution in [1.82, 2.24) is 0 Å². The fourth-order valence-electron chi connectivity index (χ4n) is 4.60. The van der Waals surface area contributed by atoms with Crippen molar-refractivity contribution in [3.05, 3.63) is 12.2 Å². The summed E-state index contributed by atoms with van der Waals surface area (Å²) in [6.07, 6.45) is 8.73. The van der Waals surface area contributed by atoms with Gasteiger partial charge in [0.15, 0.2) is 0 Å². The van der Waals surface area contributed by atoms with Crippen molar-refractivity contribution in [2.24, 2.45) is 0 Å². The van der Waals surface area contributed by atoms with Gasteiger partial charge in [-0.2, -0.15) is 0 Å². The second-order valence-electron chi connectivity index (χ2n) is 8.63. The minimum absolute atomic E-state index is 0.384. The van der Waals surface area contributed by atoms with Gasteiger partial charge in [0.25, 0.3) is 0 Å². The molecule has 0 aromatic carbocycles. The summed E-state index contributed by atoms with van der Waals surface area (Å²) in [6.45, 7) is 29.3. The van der Waals surface area contributed by atoms with Crippen LogP contribution in [0.25, 0.3) is 0 Å². The van der Waals surface area contributed by atoms with E-state index in [-0.39, 0.29) is 0 Å². The number of carboxylic acids is 2. The number of hydrogen-bond acceptors (Lipinski definition) is 4. The van der Waals surface area contributed by atoms with Crippen molar-refractivity contribution >= 4 is 11.9 Å². The third-order valence-electron chi connectivity index (χ3n) is 5.88. The summed E-state index contributed by atoms with van der Waals surface area (Å²) in [5.74, 6) is -3.09. The van der Waals surface area contributed by atoms with E-state index >= 15 is 0 Å². The highest BCUT2D eigenvalue weighted by Crippen LogP contribution is 2.11. The molecule has 0 atom stereocenters. The minimum Gasteiger partial charge on any atom is -0.545 e. The number of quaternary nitrogens is 2. The zero-order chi connectivity index (χ0) is 25.5. The Morgan fingerprint density at radius 3 is 0.781 bits per heavy atom. The van der Waals surface area contributed by atoms with Gasteiger partial charge in [-0.3, -0.25) is 0 Å². The molecule has 0 aliphatic heterocycles. The Morgan fingerprint density at radius 1 is 0.500 bits per heavy atom. The van der Waals surface area contributed by atoms with Gasteiger partial charge in [-0.05, 0) is 64.5 Å². The van der Waals surface area contributed by atoms with E-state index in [2.05, 4.69) is 55.4 Å². The molecule has 0 saturated carbocycles. The molecule has 0 rings (SSSR count). The Hall–Kier alpha value is -1.40. The molecule has 0 aromatic rings. The number of nitrogens with zero attached hydrogens (tertiary/aromatic N) is 2. The van der Waals surface area contributed by atoms with Crippen molar-refractivity contribution in [3.63, 3.8) is 0 Å². The van der Waals surface area contributed by atoms with Gasteiger partial charge < -0.3 is 28.8 Å². The smallest absolute Gasteiger partial charge is 0.0783 e. The molecule has 0 spiro atoms. The Balaban J connectivity index is -0.000000404. The standard InChI is InChI=1S/2C11H26N.C4H4O4/c2*1-5-9-12(8-4,10-6-2)11-7-3;5-3(6)1-2-4(7)8/h2*5-11H2,1-4H3;1-2H,(H,5,6)(H,7,8)/q2*+1;/p-2/b;;2-1-. The predicted molar refractivity (Wildman–Crippen MR) is 132 cm³/mol. The van der Waals surface area contributed by atoms with Crippen LogP contribution in [0.1, 0.15) is 93.9 Å². The molecule has 0 aliphatic rings. The van der Waals surface area contributed by atoms with Gasteiger partial charge >= 0.3 is 0 Å².